The summed E-state index contributed by atoms with van der Waals surface area (Å²) in [7, 11) is 0. The third-order valence-corrected chi connectivity index (χ3v) is 14.3. The Bertz CT molecular complexity index is 3910. The van der Waals surface area contributed by atoms with Crippen molar-refractivity contribution in [1.29, 1.82) is 0 Å². The van der Waals surface area contributed by atoms with Crippen LogP contribution in [0.1, 0.15) is 25.0 Å². The monoisotopic (exact) mass is 894 g/mol. The molecule has 0 spiro atoms. The lowest BCUT2D eigenvalue weighted by Gasteiger charge is -2.22. The summed E-state index contributed by atoms with van der Waals surface area (Å²) >= 11 is 0. The molecule has 0 N–H and O–H groups in total. The van der Waals surface area contributed by atoms with Crippen LogP contribution >= 0.6 is 0 Å². The average molecular weight is 895 g/mol. The molecule has 0 fully saturated rings. The minimum atomic E-state index is -0.0831. The van der Waals surface area contributed by atoms with Crippen LogP contribution in [0.15, 0.2) is 243 Å². The van der Waals surface area contributed by atoms with E-state index in [1.165, 1.54) is 66.4 Å². The Hall–Kier alpha value is -8.99. The van der Waals surface area contributed by atoms with Gasteiger partial charge in [0.2, 0.25) is 0 Å². The minimum Gasteiger partial charge on any atom is -0.309 e. The van der Waals surface area contributed by atoms with Crippen molar-refractivity contribution in [3.63, 3.8) is 0 Å². The van der Waals surface area contributed by atoms with Crippen LogP contribution in [0.4, 0.5) is 0 Å². The van der Waals surface area contributed by atoms with E-state index in [2.05, 4.69) is 200 Å². The SMILES string of the molecule is CC1(C)c2ccccc2-c2ccc(-c3ccccc3-c3ccc4c(c3)c3ccc(-c5cccc(-c6nc(-c7ccccc7)nc(-c7ccccc7)n6)c5)cc3n4-c3cccc(-c4ccccc4)c3)cc21. The predicted molar refractivity (Wildman–Crippen MR) is 290 cm³/mol. The Morgan fingerprint density at radius 1 is 0.286 bits per heavy atom. The van der Waals surface area contributed by atoms with E-state index in [1.54, 1.807) is 0 Å². The molecule has 0 amide bonds. The number of hydrogen-bond donors (Lipinski definition) is 0. The number of benzene rings is 10. The van der Waals surface area contributed by atoms with Crippen molar-refractivity contribution in [2.45, 2.75) is 19.3 Å². The largest absolute Gasteiger partial charge is 0.309 e. The zero-order chi connectivity index (χ0) is 46.8. The highest BCUT2D eigenvalue weighted by atomic mass is 15.0. The molecule has 0 atom stereocenters. The van der Waals surface area contributed by atoms with Gasteiger partial charge in [0, 0.05) is 38.6 Å². The number of fused-ring (bicyclic) bond motifs is 6. The molecular weight excluding hydrogens is 849 g/mol. The number of nitrogens with zero attached hydrogens (tertiary/aromatic N) is 4. The zero-order valence-corrected chi connectivity index (χ0v) is 38.9. The highest BCUT2D eigenvalue weighted by Gasteiger charge is 2.35. The maximum atomic E-state index is 5.06. The lowest BCUT2D eigenvalue weighted by Crippen LogP contribution is -2.14. The van der Waals surface area contributed by atoms with Gasteiger partial charge >= 0.3 is 0 Å². The van der Waals surface area contributed by atoms with Crippen LogP contribution < -0.4 is 0 Å². The van der Waals surface area contributed by atoms with Gasteiger partial charge in [0.1, 0.15) is 0 Å². The molecule has 13 rings (SSSR count). The molecule has 2 aromatic heterocycles. The molecular formula is C66H46N4. The van der Waals surface area contributed by atoms with Gasteiger partial charge in [0.25, 0.3) is 0 Å². The van der Waals surface area contributed by atoms with E-state index >= 15 is 0 Å². The van der Waals surface area contributed by atoms with Crippen molar-refractivity contribution in [3.8, 4) is 95.5 Å². The third kappa shape index (κ3) is 7.03. The fraction of sp³-hybridized carbons (Fsp3) is 0.0455. The van der Waals surface area contributed by atoms with E-state index in [9.17, 15) is 0 Å². The van der Waals surface area contributed by atoms with E-state index in [0.717, 1.165) is 44.5 Å². The summed E-state index contributed by atoms with van der Waals surface area (Å²) < 4.78 is 2.44. The summed E-state index contributed by atoms with van der Waals surface area (Å²) in [6.07, 6.45) is 0. The van der Waals surface area contributed by atoms with Gasteiger partial charge in [0.05, 0.1) is 11.0 Å². The van der Waals surface area contributed by atoms with E-state index in [4.69, 9.17) is 15.0 Å². The van der Waals surface area contributed by atoms with Gasteiger partial charge in [-0.2, -0.15) is 0 Å². The maximum Gasteiger partial charge on any atom is 0.164 e. The molecule has 1 aliphatic carbocycles. The molecule has 0 aliphatic heterocycles. The van der Waals surface area contributed by atoms with Crippen LogP contribution in [0, 0.1) is 0 Å². The highest BCUT2D eigenvalue weighted by molar-refractivity contribution is 6.12. The van der Waals surface area contributed by atoms with Crippen LogP contribution in [0.2, 0.25) is 0 Å². The maximum absolute atomic E-state index is 5.06. The van der Waals surface area contributed by atoms with Crippen LogP contribution in [0.5, 0.6) is 0 Å². The highest BCUT2D eigenvalue weighted by Crippen LogP contribution is 2.50. The van der Waals surface area contributed by atoms with Gasteiger partial charge in [-0.15, -0.1) is 0 Å². The summed E-state index contributed by atoms with van der Waals surface area (Å²) in [5.74, 6) is 1.91. The van der Waals surface area contributed by atoms with Gasteiger partial charge < -0.3 is 4.57 Å². The standard InChI is InChI=1S/C66H46N4/c1-66(2)59-31-15-14-30-55(59)56-35-33-50(41-60(56)66)54-29-13-12-28-53(54)49-34-37-61-58(40-49)57-36-32-48(42-62(57)70(61)52-27-17-25-47(39-52)43-18-6-3-7-19-43)46-24-16-26-51(38-46)65-68-63(44-20-8-4-9-21-44)67-64(69-65)45-22-10-5-11-23-45/h3-42H,1-2H3. The van der Waals surface area contributed by atoms with Gasteiger partial charge in [0.15, 0.2) is 17.5 Å². The first-order chi connectivity index (χ1) is 34.4. The number of rotatable bonds is 8. The Kier molecular flexibility index (Phi) is 9.81. The minimum absolute atomic E-state index is 0.0831. The molecule has 0 radical (unpaired) electrons. The Morgan fingerprint density at radius 2 is 0.771 bits per heavy atom. The quantitative estimate of drug-likeness (QED) is 0.153. The van der Waals surface area contributed by atoms with Crippen molar-refractivity contribution in [2.75, 3.05) is 0 Å². The van der Waals surface area contributed by atoms with Gasteiger partial charge in [-0.3, -0.25) is 0 Å². The zero-order valence-electron chi connectivity index (χ0n) is 38.9. The van der Waals surface area contributed by atoms with Crippen molar-refractivity contribution >= 4 is 21.8 Å². The first-order valence-electron chi connectivity index (χ1n) is 24.0. The molecule has 2 heterocycles. The Morgan fingerprint density at radius 3 is 1.46 bits per heavy atom. The lowest BCUT2D eigenvalue weighted by atomic mass is 9.81. The van der Waals surface area contributed by atoms with Gasteiger partial charge in [-0.05, 0) is 109 Å². The molecule has 0 saturated carbocycles. The summed E-state index contributed by atoms with van der Waals surface area (Å²) in [6.45, 7) is 4.71. The normalized spacial score (nSPS) is 12.5. The van der Waals surface area contributed by atoms with Crippen LogP contribution in [0.3, 0.4) is 0 Å². The molecule has 0 saturated heterocycles. The Balaban J connectivity index is 0.956. The van der Waals surface area contributed by atoms with Crippen molar-refractivity contribution in [2.24, 2.45) is 0 Å². The number of aromatic nitrogens is 4. The molecule has 0 bridgehead atoms. The van der Waals surface area contributed by atoms with E-state index in [0.29, 0.717) is 17.5 Å². The molecule has 4 nitrogen and oxygen atoms in total. The smallest absolute Gasteiger partial charge is 0.164 e. The molecule has 330 valence electrons. The first-order valence-corrected chi connectivity index (χ1v) is 24.0. The first kappa shape index (κ1) is 41.2. The fourth-order valence-corrected chi connectivity index (χ4v) is 10.7. The van der Waals surface area contributed by atoms with E-state index in [1.807, 2.05) is 60.7 Å². The molecule has 4 heteroatoms. The second-order valence-electron chi connectivity index (χ2n) is 18.8. The van der Waals surface area contributed by atoms with Crippen LogP contribution in [-0.4, -0.2) is 19.5 Å². The van der Waals surface area contributed by atoms with Crippen molar-refractivity contribution < 1.29 is 0 Å². The molecule has 0 unspecified atom stereocenters. The summed E-state index contributed by atoms with van der Waals surface area (Å²) in [4.78, 5) is 15.1. The van der Waals surface area contributed by atoms with Crippen LogP contribution in [0.25, 0.3) is 117 Å². The molecule has 12 aromatic rings. The number of hydrogen-bond acceptors (Lipinski definition) is 3. The van der Waals surface area contributed by atoms with E-state index in [-0.39, 0.29) is 5.41 Å². The van der Waals surface area contributed by atoms with Gasteiger partial charge in [-0.25, -0.2) is 15.0 Å². The lowest BCUT2D eigenvalue weighted by molar-refractivity contribution is 0.660. The molecule has 70 heavy (non-hydrogen) atoms. The summed E-state index contributed by atoms with van der Waals surface area (Å²) in [6, 6.07) is 87.1. The van der Waals surface area contributed by atoms with E-state index < -0.39 is 0 Å². The molecule has 10 aromatic carbocycles. The fourth-order valence-electron chi connectivity index (χ4n) is 10.7. The van der Waals surface area contributed by atoms with Gasteiger partial charge in [-0.1, -0.05) is 214 Å². The molecule has 1 aliphatic rings. The second kappa shape index (κ2) is 16.7. The predicted octanol–water partition coefficient (Wildman–Crippen LogP) is 16.9. The third-order valence-electron chi connectivity index (χ3n) is 14.3. The van der Waals surface area contributed by atoms with Crippen molar-refractivity contribution in [3.05, 3.63) is 254 Å². The summed E-state index contributed by atoms with van der Waals surface area (Å²) in [5.41, 5.74) is 20.9. The average Bonchev–Trinajstić information content (AvgIpc) is 3.88. The topological polar surface area (TPSA) is 43.6 Å². The summed E-state index contributed by atoms with van der Waals surface area (Å²) in [5, 5.41) is 2.39. The second-order valence-corrected chi connectivity index (χ2v) is 18.8. The van der Waals surface area contributed by atoms with Crippen LogP contribution in [-0.2, 0) is 5.41 Å². The van der Waals surface area contributed by atoms with Crippen molar-refractivity contribution in [1.82, 2.24) is 19.5 Å². The Labute approximate surface area is 407 Å².